The van der Waals surface area contributed by atoms with Crippen LogP contribution in [0.5, 0.6) is 0 Å². The Labute approximate surface area is 155 Å². The number of sulfone groups is 1. The van der Waals surface area contributed by atoms with Crippen LogP contribution in [0.2, 0.25) is 0 Å². The van der Waals surface area contributed by atoms with Crippen LogP contribution in [0.3, 0.4) is 0 Å². The van der Waals surface area contributed by atoms with Gasteiger partial charge >= 0.3 is 12.1 Å². The summed E-state index contributed by atoms with van der Waals surface area (Å²) in [6.07, 6.45) is -0.348. The normalized spacial score (nSPS) is 11.7. The van der Waals surface area contributed by atoms with Gasteiger partial charge < -0.3 is 9.47 Å². The zero-order chi connectivity index (χ0) is 19.8. The first-order chi connectivity index (χ1) is 12.0. The van der Waals surface area contributed by atoms with Gasteiger partial charge in [0, 0.05) is 5.69 Å². The van der Waals surface area contributed by atoms with E-state index in [9.17, 15) is 18.0 Å². The Hall–Kier alpha value is -2.09. The van der Waals surface area contributed by atoms with Gasteiger partial charge in [-0.15, -0.1) is 0 Å². The highest BCUT2D eigenvalue weighted by Crippen LogP contribution is 2.14. The molecule has 0 heterocycles. The summed E-state index contributed by atoms with van der Waals surface area (Å²) >= 11 is 0. The smallest absolute Gasteiger partial charge is 0.412 e. The number of carbonyl (C=O) groups excluding carboxylic acids is 2. The van der Waals surface area contributed by atoms with Gasteiger partial charge in [-0.2, -0.15) is 0 Å². The van der Waals surface area contributed by atoms with Crippen molar-refractivity contribution in [3.63, 3.8) is 0 Å². The Kier molecular flexibility index (Phi) is 8.08. The molecule has 1 N–H and O–H groups in total. The van der Waals surface area contributed by atoms with Crippen LogP contribution in [0.4, 0.5) is 10.5 Å². The second-order valence-corrected chi connectivity index (χ2v) is 9.08. The van der Waals surface area contributed by atoms with Gasteiger partial charge in [0.1, 0.15) is 5.60 Å². The number of hydrogen-bond donors (Lipinski definition) is 1. The maximum atomic E-state index is 12.0. The highest BCUT2D eigenvalue weighted by atomic mass is 32.2. The number of aryl methyl sites for hydroxylation is 1. The fourth-order valence-corrected chi connectivity index (χ4v) is 3.25. The largest absolute Gasteiger partial charge is 0.466 e. The minimum Gasteiger partial charge on any atom is -0.466 e. The molecule has 0 radical (unpaired) electrons. The van der Waals surface area contributed by atoms with Crippen LogP contribution < -0.4 is 5.32 Å². The SMILES string of the molecule is CCOC(=O)CCS(=O)(=O)CCc1ccc(NC(=O)OC(C)(C)C)cc1. The number of nitrogens with one attached hydrogen (secondary N) is 1. The average molecular weight is 385 g/mol. The molecule has 1 aromatic rings. The molecule has 0 aliphatic rings. The van der Waals surface area contributed by atoms with E-state index in [2.05, 4.69) is 5.32 Å². The third kappa shape index (κ3) is 9.41. The van der Waals surface area contributed by atoms with Crippen molar-refractivity contribution >= 4 is 27.6 Å². The third-order valence-corrected chi connectivity index (χ3v) is 4.88. The number of esters is 1. The summed E-state index contributed by atoms with van der Waals surface area (Å²) in [6.45, 7) is 7.24. The molecule has 0 unspecified atom stereocenters. The topological polar surface area (TPSA) is 98.8 Å². The number of benzene rings is 1. The van der Waals surface area contributed by atoms with Gasteiger partial charge in [0.25, 0.3) is 0 Å². The monoisotopic (exact) mass is 385 g/mol. The fourth-order valence-electron chi connectivity index (χ4n) is 2.02. The van der Waals surface area contributed by atoms with Gasteiger partial charge in [0.2, 0.25) is 0 Å². The molecule has 7 nitrogen and oxygen atoms in total. The molecule has 26 heavy (non-hydrogen) atoms. The number of hydrogen-bond acceptors (Lipinski definition) is 6. The maximum absolute atomic E-state index is 12.0. The Balaban J connectivity index is 2.49. The van der Waals surface area contributed by atoms with Crippen LogP contribution in [0.25, 0.3) is 0 Å². The summed E-state index contributed by atoms with van der Waals surface area (Å²) in [5.74, 6) is -0.774. The Morgan fingerprint density at radius 3 is 2.23 bits per heavy atom. The first kappa shape index (κ1) is 22.0. The van der Waals surface area contributed by atoms with E-state index >= 15 is 0 Å². The van der Waals surface area contributed by atoms with Crippen LogP contribution in [0, 0.1) is 0 Å². The summed E-state index contributed by atoms with van der Waals surface area (Å²) in [4.78, 5) is 22.9. The highest BCUT2D eigenvalue weighted by molar-refractivity contribution is 7.91. The molecule has 0 fully saturated rings. The number of anilines is 1. The third-order valence-electron chi connectivity index (χ3n) is 3.22. The van der Waals surface area contributed by atoms with E-state index in [1.807, 2.05) is 0 Å². The van der Waals surface area contributed by atoms with E-state index in [1.54, 1.807) is 52.0 Å². The molecule has 0 bridgehead atoms. The van der Waals surface area contributed by atoms with Crippen LogP contribution >= 0.6 is 0 Å². The fraction of sp³-hybridized carbons (Fsp3) is 0.556. The lowest BCUT2D eigenvalue weighted by Crippen LogP contribution is -2.27. The van der Waals surface area contributed by atoms with Crippen molar-refractivity contribution < 1.29 is 27.5 Å². The zero-order valence-corrected chi connectivity index (χ0v) is 16.5. The van der Waals surface area contributed by atoms with E-state index in [1.165, 1.54) is 0 Å². The molecule has 0 aliphatic heterocycles. The van der Waals surface area contributed by atoms with Gasteiger partial charge in [-0.1, -0.05) is 12.1 Å². The van der Waals surface area contributed by atoms with E-state index < -0.39 is 27.5 Å². The van der Waals surface area contributed by atoms with E-state index in [-0.39, 0.29) is 24.5 Å². The average Bonchev–Trinajstić information content (AvgIpc) is 2.51. The standard InChI is InChI=1S/C18H27NO6S/c1-5-24-16(20)11-13-26(22,23)12-10-14-6-8-15(9-7-14)19-17(21)25-18(2,3)4/h6-9H,5,10-13H2,1-4H3,(H,19,21). The molecule has 0 aliphatic carbocycles. The van der Waals surface area contributed by atoms with Gasteiger partial charge in [-0.05, 0) is 51.8 Å². The summed E-state index contributed by atoms with van der Waals surface area (Å²) in [7, 11) is -3.33. The molecule has 0 atom stereocenters. The van der Waals surface area contributed by atoms with Crippen LogP contribution in [-0.4, -0.2) is 44.2 Å². The van der Waals surface area contributed by atoms with Crippen LogP contribution in [-0.2, 0) is 30.5 Å². The molecule has 0 aromatic heterocycles. The lowest BCUT2D eigenvalue weighted by molar-refractivity contribution is -0.142. The summed E-state index contributed by atoms with van der Waals surface area (Å²) in [6, 6.07) is 6.86. The van der Waals surface area contributed by atoms with Gasteiger partial charge in [0.05, 0.1) is 24.5 Å². The summed E-state index contributed by atoms with van der Waals surface area (Å²) in [5.41, 5.74) is 0.801. The lowest BCUT2D eigenvalue weighted by atomic mass is 10.1. The molecule has 146 valence electrons. The minimum atomic E-state index is -3.33. The first-order valence-electron chi connectivity index (χ1n) is 8.46. The maximum Gasteiger partial charge on any atom is 0.412 e. The molecule has 1 rings (SSSR count). The minimum absolute atomic E-state index is 0.0504. The first-order valence-corrected chi connectivity index (χ1v) is 10.3. The van der Waals surface area contributed by atoms with Crippen molar-refractivity contribution in [2.75, 3.05) is 23.4 Å². The van der Waals surface area contributed by atoms with Gasteiger partial charge in [0.15, 0.2) is 9.84 Å². The van der Waals surface area contributed by atoms with Crippen molar-refractivity contribution in [3.8, 4) is 0 Å². The van der Waals surface area contributed by atoms with E-state index in [0.717, 1.165) is 5.56 Å². The number of ether oxygens (including phenoxy) is 2. The van der Waals surface area contributed by atoms with Gasteiger partial charge in [-0.25, -0.2) is 13.2 Å². The number of carbonyl (C=O) groups is 2. The predicted molar refractivity (Wildman–Crippen MR) is 99.9 cm³/mol. The number of rotatable bonds is 8. The Bertz CT molecular complexity index is 704. The Morgan fingerprint density at radius 2 is 1.69 bits per heavy atom. The van der Waals surface area contributed by atoms with Crippen molar-refractivity contribution in [1.29, 1.82) is 0 Å². The van der Waals surface area contributed by atoms with E-state index in [0.29, 0.717) is 12.1 Å². The van der Waals surface area contributed by atoms with E-state index in [4.69, 9.17) is 9.47 Å². The molecule has 0 saturated heterocycles. The molecule has 8 heteroatoms. The second-order valence-electron chi connectivity index (χ2n) is 6.78. The van der Waals surface area contributed by atoms with Crippen molar-refractivity contribution in [3.05, 3.63) is 29.8 Å². The zero-order valence-electron chi connectivity index (χ0n) is 15.7. The molecular formula is C18H27NO6S. The molecule has 1 aromatic carbocycles. The second kappa shape index (κ2) is 9.56. The van der Waals surface area contributed by atoms with Crippen LogP contribution in [0.1, 0.15) is 39.7 Å². The molecule has 1 amide bonds. The van der Waals surface area contributed by atoms with Crippen molar-refractivity contribution in [2.24, 2.45) is 0 Å². The Morgan fingerprint density at radius 1 is 1.08 bits per heavy atom. The molecule has 0 saturated carbocycles. The highest BCUT2D eigenvalue weighted by Gasteiger charge is 2.17. The van der Waals surface area contributed by atoms with Crippen molar-refractivity contribution in [2.45, 2.75) is 46.1 Å². The molecular weight excluding hydrogens is 358 g/mol. The molecule has 0 spiro atoms. The van der Waals surface area contributed by atoms with Gasteiger partial charge in [-0.3, -0.25) is 10.1 Å². The predicted octanol–water partition coefficient (Wildman–Crippen LogP) is 2.94. The quantitative estimate of drug-likeness (QED) is 0.691. The van der Waals surface area contributed by atoms with Crippen LogP contribution in [0.15, 0.2) is 24.3 Å². The summed E-state index contributed by atoms with van der Waals surface area (Å²) in [5, 5.41) is 2.61. The van der Waals surface area contributed by atoms with Crippen molar-refractivity contribution in [1.82, 2.24) is 0 Å². The summed E-state index contributed by atoms with van der Waals surface area (Å²) < 4.78 is 33.8. The lowest BCUT2D eigenvalue weighted by Gasteiger charge is -2.19. The number of amides is 1.